The minimum absolute atomic E-state index is 0.114. The highest BCUT2D eigenvalue weighted by Gasteiger charge is 2.18. The van der Waals surface area contributed by atoms with Crippen LogP contribution in [0.5, 0.6) is 0 Å². The number of nitrogens with one attached hydrogen (secondary N) is 1. The molecule has 1 fully saturated rings. The number of nitrogens with zero attached hydrogens (tertiary/aromatic N) is 1. The summed E-state index contributed by atoms with van der Waals surface area (Å²) in [7, 11) is 0. The average molecular weight is 275 g/mol. The Bertz CT molecular complexity index is 479. The molecule has 0 saturated carbocycles. The summed E-state index contributed by atoms with van der Waals surface area (Å²) in [6.45, 7) is 8.18. The normalized spacial score (nSPS) is 16.6. The van der Waals surface area contributed by atoms with E-state index in [1.807, 2.05) is 26.8 Å². The van der Waals surface area contributed by atoms with E-state index >= 15 is 0 Å². The number of rotatable bonds is 4. The first-order valence-electron chi connectivity index (χ1n) is 7.41. The van der Waals surface area contributed by atoms with Crippen LogP contribution in [0.15, 0.2) is 18.2 Å². The Kier molecular flexibility index (Phi) is 4.65. The fourth-order valence-electron chi connectivity index (χ4n) is 2.48. The van der Waals surface area contributed by atoms with Crippen molar-refractivity contribution in [3.63, 3.8) is 0 Å². The van der Waals surface area contributed by atoms with Crippen molar-refractivity contribution < 1.29 is 4.79 Å². The Balaban J connectivity index is 2.08. The fourth-order valence-corrected chi connectivity index (χ4v) is 2.48. The summed E-state index contributed by atoms with van der Waals surface area (Å²) in [5.74, 6) is 0.0243. The van der Waals surface area contributed by atoms with E-state index in [0.717, 1.165) is 24.3 Å². The van der Waals surface area contributed by atoms with Gasteiger partial charge in [-0.25, -0.2) is 0 Å². The van der Waals surface area contributed by atoms with Crippen molar-refractivity contribution in [2.24, 2.45) is 11.7 Å². The molecule has 1 heterocycles. The molecular formula is C16H25N3O. The van der Waals surface area contributed by atoms with Crippen molar-refractivity contribution in [3.8, 4) is 0 Å². The minimum Gasteiger partial charge on any atom is -0.372 e. The predicted octanol–water partition coefficient (Wildman–Crippen LogP) is 2.52. The van der Waals surface area contributed by atoms with Crippen molar-refractivity contribution in [3.05, 3.63) is 23.8 Å². The second kappa shape index (κ2) is 6.27. The van der Waals surface area contributed by atoms with Gasteiger partial charge in [-0.1, -0.05) is 13.8 Å². The molecule has 1 aliphatic rings. The molecule has 0 aliphatic carbocycles. The summed E-state index contributed by atoms with van der Waals surface area (Å²) in [5, 5.41) is 2.93. The maximum atomic E-state index is 12.0. The summed E-state index contributed by atoms with van der Waals surface area (Å²) in [4.78, 5) is 14.4. The van der Waals surface area contributed by atoms with Crippen molar-refractivity contribution in [1.82, 2.24) is 0 Å². The number of anilines is 2. The number of benzene rings is 1. The average Bonchev–Trinajstić information content (AvgIpc) is 2.93. The van der Waals surface area contributed by atoms with Gasteiger partial charge in [-0.2, -0.15) is 0 Å². The molecule has 0 bridgehead atoms. The molecule has 3 N–H and O–H groups in total. The maximum absolute atomic E-state index is 12.0. The molecule has 4 heteroatoms. The van der Waals surface area contributed by atoms with Crippen molar-refractivity contribution in [2.75, 3.05) is 23.3 Å². The molecule has 0 radical (unpaired) electrons. The third-order valence-corrected chi connectivity index (χ3v) is 3.96. The number of amides is 1. The summed E-state index contributed by atoms with van der Waals surface area (Å²) in [6, 6.07) is 5.73. The number of carbonyl (C=O) groups excluding carboxylic acids is 1. The highest BCUT2D eigenvalue weighted by Crippen LogP contribution is 2.25. The molecule has 110 valence electrons. The second-order valence-corrected chi connectivity index (χ2v) is 5.95. The number of hydrogen-bond donors (Lipinski definition) is 2. The Morgan fingerprint density at radius 3 is 2.50 bits per heavy atom. The molecular weight excluding hydrogens is 250 g/mol. The zero-order valence-electron chi connectivity index (χ0n) is 12.6. The minimum atomic E-state index is -0.465. The van der Waals surface area contributed by atoms with Gasteiger partial charge in [-0.15, -0.1) is 0 Å². The smallest absolute Gasteiger partial charge is 0.241 e. The summed E-state index contributed by atoms with van der Waals surface area (Å²) >= 11 is 0. The first-order valence-corrected chi connectivity index (χ1v) is 7.41. The lowest BCUT2D eigenvalue weighted by Crippen LogP contribution is -2.39. The van der Waals surface area contributed by atoms with E-state index in [1.54, 1.807) is 0 Å². The lowest BCUT2D eigenvalue weighted by molar-refractivity contribution is -0.118. The molecule has 1 aromatic rings. The molecule has 1 amide bonds. The van der Waals surface area contributed by atoms with Crippen molar-refractivity contribution in [1.29, 1.82) is 0 Å². The van der Waals surface area contributed by atoms with Crippen LogP contribution in [0.25, 0.3) is 0 Å². The number of hydrogen-bond acceptors (Lipinski definition) is 3. The molecule has 0 spiro atoms. The third-order valence-electron chi connectivity index (χ3n) is 3.96. The first kappa shape index (κ1) is 14.9. The third kappa shape index (κ3) is 3.31. The summed E-state index contributed by atoms with van der Waals surface area (Å²) in [6.07, 6.45) is 2.53. The predicted molar refractivity (Wildman–Crippen MR) is 84.1 cm³/mol. The van der Waals surface area contributed by atoms with E-state index in [-0.39, 0.29) is 11.8 Å². The van der Waals surface area contributed by atoms with E-state index in [0.29, 0.717) is 0 Å². The van der Waals surface area contributed by atoms with Crippen LogP contribution >= 0.6 is 0 Å². The highest BCUT2D eigenvalue weighted by molar-refractivity contribution is 5.95. The topological polar surface area (TPSA) is 58.4 Å². The SMILES string of the molecule is Cc1cc(N2CCCC2)ccc1NC(=O)[C@H](N)C(C)C. The largest absolute Gasteiger partial charge is 0.372 e. The quantitative estimate of drug-likeness (QED) is 0.887. The molecule has 20 heavy (non-hydrogen) atoms. The van der Waals surface area contributed by atoms with Crippen LogP contribution in [-0.4, -0.2) is 25.0 Å². The zero-order valence-corrected chi connectivity index (χ0v) is 12.6. The molecule has 4 nitrogen and oxygen atoms in total. The van der Waals surface area contributed by atoms with Gasteiger partial charge in [-0.3, -0.25) is 4.79 Å². The zero-order chi connectivity index (χ0) is 14.7. The van der Waals surface area contributed by atoms with Crippen LogP contribution in [0.4, 0.5) is 11.4 Å². The van der Waals surface area contributed by atoms with Gasteiger partial charge < -0.3 is 16.0 Å². The van der Waals surface area contributed by atoms with E-state index < -0.39 is 6.04 Å². The van der Waals surface area contributed by atoms with Gasteiger partial charge in [-0.05, 0) is 49.4 Å². The molecule has 1 saturated heterocycles. The Labute approximate surface area is 121 Å². The van der Waals surface area contributed by atoms with Crippen LogP contribution < -0.4 is 16.0 Å². The fraction of sp³-hybridized carbons (Fsp3) is 0.562. The standard InChI is InChI=1S/C16H25N3O/c1-11(2)15(17)16(20)18-14-7-6-13(10-12(14)3)19-8-4-5-9-19/h6-7,10-11,15H,4-5,8-9,17H2,1-3H3,(H,18,20)/t15-/m1/s1. The Morgan fingerprint density at radius 2 is 1.95 bits per heavy atom. The van der Waals surface area contributed by atoms with Crippen LogP contribution in [0.2, 0.25) is 0 Å². The number of nitrogens with two attached hydrogens (primary N) is 1. The van der Waals surface area contributed by atoms with E-state index in [9.17, 15) is 4.79 Å². The molecule has 0 aromatic heterocycles. The molecule has 1 aromatic carbocycles. The van der Waals surface area contributed by atoms with E-state index in [1.165, 1.54) is 18.5 Å². The van der Waals surface area contributed by atoms with E-state index in [2.05, 4.69) is 22.3 Å². The monoisotopic (exact) mass is 275 g/mol. The van der Waals surface area contributed by atoms with Gasteiger partial charge in [0.25, 0.3) is 0 Å². The Morgan fingerprint density at radius 1 is 1.30 bits per heavy atom. The lowest BCUT2D eigenvalue weighted by Gasteiger charge is -2.20. The van der Waals surface area contributed by atoms with Crippen LogP contribution in [0.3, 0.4) is 0 Å². The van der Waals surface area contributed by atoms with Gasteiger partial charge in [0.2, 0.25) is 5.91 Å². The van der Waals surface area contributed by atoms with Crippen molar-refractivity contribution >= 4 is 17.3 Å². The van der Waals surface area contributed by atoms with Gasteiger partial charge in [0, 0.05) is 24.5 Å². The highest BCUT2D eigenvalue weighted by atomic mass is 16.2. The number of carbonyl (C=O) groups is 1. The molecule has 1 atom stereocenters. The Hall–Kier alpha value is -1.55. The van der Waals surface area contributed by atoms with Crippen molar-refractivity contribution in [2.45, 2.75) is 39.7 Å². The second-order valence-electron chi connectivity index (χ2n) is 5.95. The molecule has 2 rings (SSSR count). The lowest BCUT2D eigenvalue weighted by atomic mass is 10.0. The van der Waals surface area contributed by atoms with Gasteiger partial charge in [0.1, 0.15) is 0 Å². The number of aryl methyl sites for hydroxylation is 1. The molecule has 0 unspecified atom stereocenters. The van der Waals surface area contributed by atoms with E-state index in [4.69, 9.17) is 5.73 Å². The van der Waals surface area contributed by atoms with Gasteiger partial charge in [0.15, 0.2) is 0 Å². The van der Waals surface area contributed by atoms with Gasteiger partial charge >= 0.3 is 0 Å². The maximum Gasteiger partial charge on any atom is 0.241 e. The van der Waals surface area contributed by atoms with Crippen LogP contribution in [-0.2, 0) is 4.79 Å². The summed E-state index contributed by atoms with van der Waals surface area (Å²) < 4.78 is 0. The molecule has 1 aliphatic heterocycles. The van der Waals surface area contributed by atoms with Gasteiger partial charge in [0.05, 0.1) is 6.04 Å². The van der Waals surface area contributed by atoms with Crippen LogP contribution in [0, 0.1) is 12.8 Å². The van der Waals surface area contributed by atoms with Crippen LogP contribution in [0.1, 0.15) is 32.3 Å². The summed E-state index contributed by atoms with van der Waals surface area (Å²) in [5.41, 5.74) is 9.05. The first-order chi connectivity index (χ1) is 9.49.